The summed E-state index contributed by atoms with van der Waals surface area (Å²) in [5.41, 5.74) is 2.56. The lowest BCUT2D eigenvalue weighted by molar-refractivity contribution is 0.641. The van der Waals surface area contributed by atoms with Gasteiger partial charge in [-0.1, -0.05) is 13.8 Å². The molecular formula is C15H21N3OS. The van der Waals surface area contributed by atoms with Crippen molar-refractivity contribution >= 4 is 16.5 Å². The van der Waals surface area contributed by atoms with Gasteiger partial charge in [0.05, 0.1) is 11.3 Å². The molecule has 0 aliphatic heterocycles. The van der Waals surface area contributed by atoms with Gasteiger partial charge < -0.3 is 9.88 Å². The maximum Gasteiger partial charge on any atom is 0.260 e. The summed E-state index contributed by atoms with van der Waals surface area (Å²) in [6, 6.07) is 3.94. The number of anilines is 1. The fraction of sp³-hybridized carbons (Fsp3) is 0.467. The minimum atomic E-state index is 0.0482. The van der Waals surface area contributed by atoms with E-state index in [1.54, 1.807) is 0 Å². The first-order valence-electron chi connectivity index (χ1n) is 7.02. The van der Waals surface area contributed by atoms with E-state index in [-0.39, 0.29) is 5.56 Å². The molecule has 2 aromatic rings. The van der Waals surface area contributed by atoms with Gasteiger partial charge in [-0.2, -0.15) is 0 Å². The maximum absolute atomic E-state index is 12.6. The Bertz CT molecular complexity index is 643. The van der Waals surface area contributed by atoms with Crippen molar-refractivity contribution in [1.82, 2.24) is 9.55 Å². The highest BCUT2D eigenvalue weighted by Gasteiger charge is 2.13. The molecule has 4 nitrogen and oxygen atoms in total. The highest BCUT2D eigenvalue weighted by atomic mass is 32.1. The van der Waals surface area contributed by atoms with Crippen molar-refractivity contribution in [2.75, 3.05) is 11.9 Å². The van der Waals surface area contributed by atoms with E-state index >= 15 is 0 Å². The molecule has 0 spiro atoms. The van der Waals surface area contributed by atoms with Crippen LogP contribution in [0.1, 0.15) is 39.3 Å². The molecule has 1 N–H and O–H groups in total. The molecule has 0 radical (unpaired) electrons. The second kappa shape index (κ2) is 6.22. The molecule has 0 saturated carbocycles. The standard InChI is InChI=1S/C15H21N3OS/c1-5-16-15-17-12(9-20-15)11-7-8-13(10(3)4)18(6-2)14(11)19/h7-10H,5-6H2,1-4H3,(H,16,17). The summed E-state index contributed by atoms with van der Waals surface area (Å²) < 4.78 is 1.84. The molecule has 0 aliphatic carbocycles. The number of thiazole rings is 1. The third kappa shape index (κ3) is 2.77. The smallest absolute Gasteiger partial charge is 0.260 e. The van der Waals surface area contributed by atoms with Gasteiger partial charge in [-0.15, -0.1) is 11.3 Å². The SMILES string of the molecule is CCNc1nc(-c2ccc(C(C)C)n(CC)c2=O)cs1. The summed E-state index contributed by atoms with van der Waals surface area (Å²) in [6.07, 6.45) is 0. The van der Waals surface area contributed by atoms with E-state index in [9.17, 15) is 4.79 Å². The van der Waals surface area contributed by atoms with E-state index in [0.29, 0.717) is 18.0 Å². The quantitative estimate of drug-likeness (QED) is 0.916. The van der Waals surface area contributed by atoms with Crippen LogP contribution in [-0.4, -0.2) is 16.1 Å². The molecule has 0 atom stereocenters. The lowest BCUT2D eigenvalue weighted by Gasteiger charge is -2.14. The van der Waals surface area contributed by atoms with Gasteiger partial charge in [0.25, 0.3) is 5.56 Å². The summed E-state index contributed by atoms with van der Waals surface area (Å²) in [6.45, 7) is 9.76. The monoisotopic (exact) mass is 291 g/mol. The van der Waals surface area contributed by atoms with E-state index < -0.39 is 0 Å². The van der Waals surface area contributed by atoms with Crippen LogP contribution in [0.2, 0.25) is 0 Å². The molecule has 20 heavy (non-hydrogen) atoms. The van der Waals surface area contributed by atoms with E-state index in [0.717, 1.165) is 23.1 Å². The minimum Gasteiger partial charge on any atom is -0.362 e. The van der Waals surface area contributed by atoms with E-state index in [1.165, 1.54) is 11.3 Å². The Morgan fingerprint density at radius 3 is 2.70 bits per heavy atom. The van der Waals surface area contributed by atoms with Crippen LogP contribution in [0.5, 0.6) is 0 Å². The van der Waals surface area contributed by atoms with Crippen molar-refractivity contribution in [2.45, 2.75) is 40.2 Å². The Morgan fingerprint density at radius 2 is 2.10 bits per heavy atom. The van der Waals surface area contributed by atoms with Crippen LogP contribution < -0.4 is 10.9 Å². The highest BCUT2D eigenvalue weighted by molar-refractivity contribution is 7.14. The van der Waals surface area contributed by atoms with Gasteiger partial charge in [-0.3, -0.25) is 4.79 Å². The maximum atomic E-state index is 12.6. The second-order valence-electron chi connectivity index (χ2n) is 4.94. The zero-order valence-electron chi connectivity index (χ0n) is 12.4. The Morgan fingerprint density at radius 1 is 1.35 bits per heavy atom. The molecule has 0 unspecified atom stereocenters. The van der Waals surface area contributed by atoms with E-state index in [1.807, 2.05) is 35.9 Å². The van der Waals surface area contributed by atoms with Crippen LogP contribution in [0.15, 0.2) is 22.3 Å². The Balaban J connectivity index is 2.49. The average molecular weight is 291 g/mol. The van der Waals surface area contributed by atoms with Crippen LogP contribution in [0, 0.1) is 0 Å². The van der Waals surface area contributed by atoms with Gasteiger partial charge in [0, 0.05) is 24.2 Å². The number of rotatable bonds is 5. The lowest BCUT2D eigenvalue weighted by atomic mass is 10.1. The first-order chi connectivity index (χ1) is 9.58. The Labute approximate surface area is 123 Å². The molecule has 0 bridgehead atoms. The molecule has 2 rings (SSSR count). The number of nitrogens with one attached hydrogen (secondary N) is 1. The molecule has 2 aromatic heterocycles. The van der Waals surface area contributed by atoms with Crippen molar-refractivity contribution in [3.05, 3.63) is 33.6 Å². The summed E-state index contributed by atoms with van der Waals surface area (Å²) in [7, 11) is 0. The molecule has 0 aromatic carbocycles. The fourth-order valence-electron chi connectivity index (χ4n) is 2.25. The highest BCUT2D eigenvalue weighted by Crippen LogP contribution is 2.24. The first kappa shape index (κ1) is 14.8. The first-order valence-corrected chi connectivity index (χ1v) is 7.89. The van der Waals surface area contributed by atoms with Gasteiger partial charge in [-0.05, 0) is 31.9 Å². The van der Waals surface area contributed by atoms with Crippen LogP contribution in [0.4, 0.5) is 5.13 Å². The summed E-state index contributed by atoms with van der Waals surface area (Å²) in [4.78, 5) is 17.1. The molecule has 5 heteroatoms. The topological polar surface area (TPSA) is 46.9 Å². The summed E-state index contributed by atoms with van der Waals surface area (Å²) in [5.74, 6) is 0.337. The van der Waals surface area contributed by atoms with Crippen molar-refractivity contribution in [1.29, 1.82) is 0 Å². The molecule has 0 amide bonds. The zero-order chi connectivity index (χ0) is 14.7. The van der Waals surface area contributed by atoms with Gasteiger partial charge in [0.2, 0.25) is 0 Å². The predicted molar refractivity (Wildman–Crippen MR) is 85.7 cm³/mol. The van der Waals surface area contributed by atoms with Gasteiger partial charge in [0.15, 0.2) is 5.13 Å². The Hall–Kier alpha value is -1.62. The second-order valence-corrected chi connectivity index (χ2v) is 5.80. The van der Waals surface area contributed by atoms with Crippen LogP contribution in [0.25, 0.3) is 11.3 Å². The molecule has 0 aliphatic rings. The third-order valence-electron chi connectivity index (χ3n) is 3.22. The van der Waals surface area contributed by atoms with E-state index in [4.69, 9.17) is 0 Å². The minimum absolute atomic E-state index is 0.0482. The number of aromatic nitrogens is 2. The molecule has 0 saturated heterocycles. The molecule has 108 valence electrons. The number of hydrogen-bond acceptors (Lipinski definition) is 4. The van der Waals surface area contributed by atoms with E-state index in [2.05, 4.69) is 24.1 Å². The average Bonchev–Trinajstić information content (AvgIpc) is 2.87. The zero-order valence-corrected chi connectivity index (χ0v) is 13.3. The summed E-state index contributed by atoms with van der Waals surface area (Å²) >= 11 is 1.53. The van der Waals surface area contributed by atoms with Gasteiger partial charge in [0.1, 0.15) is 0 Å². The number of hydrogen-bond donors (Lipinski definition) is 1. The van der Waals surface area contributed by atoms with Gasteiger partial charge >= 0.3 is 0 Å². The normalized spacial score (nSPS) is 11.1. The molecule has 2 heterocycles. The van der Waals surface area contributed by atoms with Crippen molar-refractivity contribution in [3.8, 4) is 11.3 Å². The third-order valence-corrected chi connectivity index (χ3v) is 4.02. The predicted octanol–water partition coefficient (Wildman–Crippen LogP) is 3.55. The fourth-order valence-corrected chi connectivity index (χ4v) is 3.03. The molecule has 0 fully saturated rings. The van der Waals surface area contributed by atoms with Crippen molar-refractivity contribution in [3.63, 3.8) is 0 Å². The van der Waals surface area contributed by atoms with Crippen molar-refractivity contribution in [2.24, 2.45) is 0 Å². The number of nitrogens with zero attached hydrogens (tertiary/aromatic N) is 2. The Kier molecular flexibility index (Phi) is 4.60. The van der Waals surface area contributed by atoms with Crippen LogP contribution in [0.3, 0.4) is 0 Å². The summed E-state index contributed by atoms with van der Waals surface area (Å²) in [5, 5.41) is 5.97. The van der Waals surface area contributed by atoms with Crippen LogP contribution >= 0.6 is 11.3 Å². The lowest BCUT2D eigenvalue weighted by Crippen LogP contribution is -2.24. The van der Waals surface area contributed by atoms with Crippen LogP contribution in [-0.2, 0) is 6.54 Å². The van der Waals surface area contributed by atoms with Gasteiger partial charge in [-0.25, -0.2) is 4.98 Å². The molecular weight excluding hydrogens is 270 g/mol. The van der Waals surface area contributed by atoms with Crippen molar-refractivity contribution < 1.29 is 0 Å². The number of pyridine rings is 1. The largest absolute Gasteiger partial charge is 0.362 e.